The Labute approximate surface area is 359 Å². The van der Waals surface area contributed by atoms with Gasteiger partial charge in [-0.2, -0.15) is 0 Å². The van der Waals surface area contributed by atoms with Crippen molar-refractivity contribution in [1.82, 2.24) is 4.57 Å². The zero-order chi connectivity index (χ0) is 42.7. The summed E-state index contributed by atoms with van der Waals surface area (Å²) in [5.74, 6) is 3.01. The summed E-state index contributed by atoms with van der Waals surface area (Å²) in [5.41, 5.74) is 12.4. The van der Waals surface area contributed by atoms with Gasteiger partial charge in [0.25, 0.3) is 0 Å². The Balaban J connectivity index is 0.00000221. The van der Waals surface area contributed by atoms with Crippen LogP contribution in [0.3, 0.4) is 0 Å². The number of hydrogen-bond acceptors (Lipinski definition) is 1. The molecule has 0 saturated heterocycles. The van der Waals surface area contributed by atoms with Crippen molar-refractivity contribution < 1.29 is 5.11 Å². The van der Waals surface area contributed by atoms with Gasteiger partial charge in [0.05, 0.1) is 11.0 Å². The molecule has 1 N–H and O–H groups in total. The number of benzene rings is 5. The van der Waals surface area contributed by atoms with Crippen molar-refractivity contribution in [3.05, 3.63) is 223 Å². The van der Waals surface area contributed by atoms with Crippen molar-refractivity contribution in [3.63, 3.8) is 0 Å². The third-order valence-electron chi connectivity index (χ3n) is 10.8. The van der Waals surface area contributed by atoms with Gasteiger partial charge < -0.3 is 9.67 Å². The van der Waals surface area contributed by atoms with E-state index in [1.54, 1.807) is 19.1 Å². The van der Waals surface area contributed by atoms with Crippen molar-refractivity contribution in [1.29, 1.82) is 0 Å². The van der Waals surface area contributed by atoms with Gasteiger partial charge in [0, 0.05) is 16.5 Å². The number of terminal acetylenes is 1. The normalized spacial score (nSPS) is 13.7. The van der Waals surface area contributed by atoms with Crippen molar-refractivity contribution >= 4 is 21.8 Å². The lowest BCUT2D eigenvalue weighted by Crippen LogP contribution is -2.11. The predicted molar refractivity (Wildman–Crippen MR) is 263 cm³/mol. The van der Waals surface area contributed by atoms with Gasteiger partial charge in [-0.3, -0.25) is 0 Å². The SMILES string of the molecule is C#CC.C\C=C/C=C\C(O)=C\C=C\C=C/C(=C\C)C(C)C(C)c1cc(-c2ccc3c(c2)c2ccccc2n3-c2cccc(-c3ccccc3)c2)ccc1C/C=C\C=C/CC. The second kappa shape index (κ2) is 22.9. The zero-order valence-electron chi connectivity index (χ0n) is 36.1. The fraction of sp³-hybridized carbons (Fsp3) is 0.172. The molecule has 2 unspecified atom stereocenters. The highest BCUT2D eigenvalue weighted by Gasteiger charge is 2.21. The Morgan fingerprint density at radius 1 is 0.667 bits per heavy atom. The Morgan fingerprint density at radius 2 is 1.33 bits per heavy atom. The number of nitrogens with zero attached hydrogens (tertiary/aromatic N) is 1. The zero-order valence-corrected chi connectivity index (χ0v) is 36.1. The van der Waals surface area contributed by atoms with E-state index in [9.17, 15) is 5.11 Å². The van der Waals surface area contributed by atoms with Gasteiger partial charge in [-0.25, -0.2) is 0 Å². The van der Waals surface area contributed by atoms with Gasteiger partial charge in [0.1, 0.15) is 5.76 Å². The summed E-state index contributed by atoms with van der Waals surface area (Å²) >= 11 is 0. The number of fused-ring (bicyclic) bond motifs is 3. The molecule has 2 heteroatoms. The second-order valence-corrected chi connectivity index (χ2v) is 14.8. The highest BCUT2D eigenvalue weighted by atomic mass is 16.3. The third-order valence-corrected chi connectivity index (χ3v) is 10.8. The molecule has 0 bridgehead atoms. The minimum atomic E-state index is 0.219. The van der Waals surface area contributed by atoms with Gasteiger partial charge in [0.2, 0.25) is 0 Å². The summed E-state index contributed by atoms with van der Waals surface area (Å²) in [4.78, 5) is 0. The van der Waals surface area contributed by atoms with Crippen LogP contribution in [0.15, 0.2) is 212 Å². The van der Waals surface area contributed by atoms with Crippen LogP contribution in [0.25, 0.3) is 49.7 Å². The maximum absolute atomic E-state index is 10.1. The molecule has 5 aromatic carbocycles. The minimum absolute atomic E-state index is 0.219. The lowest BCUT2D eigenvalue weighted by atomic mass is 9.80. The molecule has 2 atom stereocenters. The fourth-order valence-corrected chi connectivity index (χ4v) is 7.53. The van der Waals surface area contributed by atoms with Crippen molar-refractivity contribution in [2.75, 3.05) is 0 Å². The molecule has 0 aliphatic carbocycles. The molecule has 0 fully saturated rings. The first kappa shape index (κ1) is 44.3. The van der Waals surface area contributed by atoms with Crippen LogP contribution < -0.4 is 0 Å². The van der Waals surface area contributed by atoms with Crippen LogP contribution in [0, 0.1) is 18.3 Å². The molecule has 60 heavy (non-hydrogen) atoms. The number of rotatable bonds is 15. The van der Waals surface area contributed by atoms with Gasteiger partial charge in [0.15, 0.2) is 0 Å². The summed E-state index contributed by atoms with van der Waals surface area (Å²) in [5, 5.41) is 12.6. The molecule has 1 aromatic heterocycles. The molecular weight excluding hydrogens is 727 g/mol. The van der Waals surface area contributed by atoms with E-state index in [1.807, 2.05) is 37.3 Å². The van der Waals surface area contributed by atoms with Crippen molar-refractivity contribution in [3.8, 4) is 40.3 Å². The van der Waals surface area contributed by atoms with E-state index in [0.717, 1.165) is 18.5 Å². The molecule has 1 heterocycles. The minimum Gasteiger partial charge on any atom is -0.508 e. The summed E-state index contributed by atoms with van der Waals surface area (Å²) < 4.78 is 2.40. The second-order valence-electron chi connectivity index (χ2n) is 14.8. The molecule has 0 radical (unpaired) electrons. The lowest BCUT2D eigenvalue weighted by Gasteiger charge is -2.25. The van der Waals surface area contributed by atoms with Crippen LogP contribution in [0.2, 0.25) is 0 Å². The molecule has 6 rings (SSSR count). The Hall–Kier alpha value is -6.82. The molecule has 2 nitrogen and oxygen atoms in total. The number of aromatic nitrogens is 1. The molecule has 0 amide bonds. The molecule has 6 aromatic rings. The van der Waals surface area contributed by atoms with Crippen LogP contribution in [0.1, 0.15) is 65.0 Å². The first-order valence-electron chi connectivity index (χ1n) is 21.1. The summed E-state index contributed by atoms with van der Waals surface area (Å²) in [7, 11) is 0. The molecule has 0 saturated carbocycles. The molecule has 302 valence electrons. The number of aliphatic hydroxyl groups is 1. The van der Waals surface area contributed by atoms with E-state index in [-0.39, 0.29) is 17.6 Å². The van der Waals surface area contributed by atoms with Crippen LogP contribution in [0.5, 0.6) is 0 Å². The van der Waals surface area contributed by atoms with Gasteiger partial charge in [-0.05, 0) is 127 Å². The highest BCUT2D eigenvalue weighted by Crippen LogP contribution is 2.38. The van der Waals surface area contributed by atoms with E-state index in [4.69, 9.17) is 0 Å². The summed E-state index contributed by atoms with van der Waals surface area (Å²) in [6.07, 6.45) is 34.6. The first-order chi connectivity index (χ1) is 29.3. The monoisotopic (exact) mass is 785 g/mol. The lowest BCUT2D eigenvalue weighted by molar-refractivity contribution is 0.432. The predicted octanol–water partition coefficient (Wildman–Crippen LogP) is 16.2. The standard InChI is InChI=1S/C55H55NO.C3H4/c1-6-9-11-12-16-27-45-34-35-47(39-52(45)42(5)41(4)43(8-3)24-17-14-20-31-50(57)30-15-10-7-2)48-36-37-55-53(40-48)51-32-21-22-33-54(51)56(55)49-29-23-28-46(38-49)44-25-18-13-19-26-44;1-3-2/h7-26,28-42,57H,6,27H2,1-5H3;1H,2H3/b10-7-,11-9-,16-12-,20-14+,24-17-,30-15-,43-8+,50-31-;. The fourth-order valence-electron chi connectivity index (χ4n) is 7.53. The van der Waals surface area contributed by atoms with Crippen LogP contribution >= 0.6 is 0 Å². The maximum atomic E-state index is 10.1. The van der Waals surface area contributed by atoms with E-state index in [1.165, 1.54) is 60.8 Å². The summed E-state index contributed by atoms with van der Waals surface area (Å²) in [6.45, 7) is 12.6. The van der Waals surface area contributed by atoms with Gasteiger partial charge in [-0.1, -0.05) is 179 Å². The number of para-hydroxylation sites is 1. The number of allylic oxidation sites excluding steroid dienone is 15. The van der Waals surface area contributed by atoms with Crippen LogP contribution in [-0.2, 0) is 6.42 Å². The van der Waals surface area contributed by atoms with E-state index in [2.05, 4.69) is 202 Å². The molecule has 0 aliphatic rings. The van der Waals surface area contributed by atoms with Crippen molar-refractivity contribution in [2.24, 2.45) is 5.92 Å². The van der Waals surface area contributed by atoms with E-state index in [0.29, 0.717) is 0 Å². The van der Waals surface area contributed by atoms with Gasteiger partial charge in [-0.15, -0.1) is 12.3 Å². The smallest absolute Gasteiger partial charge is 0.115 e. The Morgan fingerprint density at radius 3 is 2.10 bits per heavy atom. The van der Waals surface area contributed by atoms with E-state index >= 15 is 0 Å². The topological polar surface area (TPSA) is 25.2 Å². The first-order valence-corrected chi connectivity index (χ1v) is 21.1. The quantitative estimate of drug-likeness (QED) is 0.0626. The Kier molecular flexibility index (Phi) is 16.9. The van der Waals surface area contributed by atoms with Crippen LogP contribution in [0.4, 0.5) is 0 Å². The summed E-state index contributed by atoms with van der Waals surface area (Å²) in [6, 6.07) is 42.3. The largest absolute Gasteiger partial charge is 0.508 e. The van der Waals surface area contributed by atoms with Gasteiger partial charge >= 0.3 is 0 Å². The maximum Gasteiger partial charge on any atom is 0.115 e. The number of aliphatic hydroxyl groups excluding tert-OH is 1. The average molecular weight is 786 g/mol. The highest BCUT2D eigenvalue weighted by molar-refractivity contribution is 6.10. The van der Waals surface area contributed by atoms with Crippen LogP contribution in [-0.4, -0.2) is 9.67 Å². The van der Waals surface area contributed by atoms with Crippen molar-refractivity contribution in [2.45, 2.75) is 60.3 Å². The average Bonchev–Trinajstić information content (AvgIpc) is 3.61. The number of hydrogen-bond donors (Lipinski definition) is 1. The third kappa shape index (κ3) is 11.4. The molecule has 0 aliphatic heterocycles. The molecular formula is C58H59NO. The molecule has 0 spiro atoms. The van der Waals surface area contributed by atoms with E-state index < -0.39 is 0 Å². The Bertz CT molecular complexity index is 2630.